The van der Waals surface area contributed by atoms with E-state index in [1.165, 1.54) is 16.7 Å². The third kappa shape index (κ3) is 14.1. The molecule has 0 fully saturated rings. The van der Waals surface area contributed by atoms with Crippen LogP contribution in [0.5, 0.6) is 0 Å². The second kappa shape index (κ2) is 13.8. The van der Waals surface area contributed by atoms with Crippen LogP contribution < -0.4 is 0 Å². The van der Waals surface area contributed by atoms with Gasteiger partial charge in [-0.15, -0.1) is 0 Å². The average Bonchev–Trinajstić information content (AvgIpc) is 2.46. The number of hydrogen-bond acceptors (Lipinski definition) is 3. The first-order valence-electron chi connectivity index (χ1n) is 7.69. The van der Waals surface area contributed by atoms with Gasteiger partial charge >= 0.3 is 5.97 Å². The van der Waals surface area contributed by atoms with Gasteiger partial charge in [-0.2, -0.15) is 0 Å². The lowest BCUT2D eigenvalue weighted by molar-refractivity contribution is -0.151. The number of rotatable bonds is 11. The van der Waals surface area contributed by atoms with Crippen LogP contribution in [0.3, 0.4) is 0 Å². The maximum Gasteiger partial charge on any atom is 0.318 e. The van der Waals surface area contributed by atoms with Crippen molar-refractivity contribution < 1.29 is 14.3 Å². The minimum absolute atomic E-state index is 0.0115. The zero-order valence-electron chi connectivity index (χ0n) is 14.3. The fourth-order valence-corrected chi connectivity index (χ4v) is 1.90. The zero-order chi connectivity index (χ0) is 16.8. The fraction of sp³-hybridized carbons (Fsp3) is 0.611. The van der Waals surface area contributed by atoms with E-state index in [2.05, 4.69) is 55.8 Å². The number of hydrogen-bond donors (Lipinski definition) is 0. The van der Waals surface area contributed by atoms with E-state index in [-0.39, 0.29) is 18.1 Å². The molecule has 4 heteroatoms. The Hall–Kier alpha value is -0.870. The van der Waals surface area contributed by atoms with Crippen LogP contribution in [0.1, 0.15) is 53.4 Å². The number of ether oxygens (including phenoxy) is 2. The predicted molar refractivity (Wildman–Crippen MR) is 96.1 cm³/mol. The van der Waals surface area contributed by atoms with Crippen molar-refractivity contribution in [3.63, 3.8) is 0 Å². The number of esters is 1. The number of carbonyl (C=O) groups is 1. The van der Waals surface area contributed by atoms with Crippen molar-refractivity contribution in [3.05, 3.63) is 34.9 Å². The van der Waals surface area contributed by atoms with Crippen molar-refractivity contribution in [2.24, 2.45) is 0 Å². The summed E-state index contributed by atoms with van der Waals surface area (Å²) in [5.41, 5.74) is 4.12. The van der Waals surface area contributed by atoms with Crippen molar-refractivity contribution in [2.75, 3.05) is 18.7 Å². The molecule has 0 bridgehead atoms. The maximum absolute atomic E-state index is 10.9. The molecule has 0 unspecified atom stereocenters. The van der Waals surface area contributed by atoms with Gasteiger partial charge in [-0.05, 0) is 53.4 Å². The number of allylic oxidation sites excluding steroid dienone is 5. The van der Waals surface area contributed by atoms with Gasteiger partial charge in [-0.3, -0.25) is 4.79 Å². The topological polar surface area (TPSA) is 35.5 Å². The Bertz CT molecular complexity index is 405. The molecule has 0 saturated carbocycles. The minimum atomic E-state index is -0.311. The van der Waals surface area contributed by atoms with E-state index in [0.717, 1.165) is 25.7 Å². The molecule has 3 nitrogen and oxygen atoms in total. The molecule has 0 N–H and O–H groups in total. The van der Waals surface area contributed by atoms with Gasteiger partial charge in [0.25, 0.3) is 0 Å². The van der Waals surface area contributed by atoms with Gasteiger partial charge in [-0.1, -0.05) is 50.9 Å². The van der Waals surface area contributed by atoms with E-state index >= 15 is 0 Å². The van der Waals surface area contributed by atoms with Crippen LogP contribution in [0.2, 0.25) is 0 Å². The predicted octanol–water partition coefficient (Wildman–Crippen LogP) is 5.32. The lowest BCUT2D eigenvalue weighted by atomic mass is 10.1. The van der Waals surface area contributed by atoms with Crippen molar-refractivity contribution in [3.8, 4) is 0 Å². The molecule has 0 atom stereocenters. The number of carbonyl (C=O) groups excluding carboxylic acids is 1. The van der Waals surface area contributed by atoms with E-state index in [1.54, 1.807) is 0 Å². The molecular formula is C18H29BrO3. The van der Waals surface area contributed by atoms with Crippen LogP contribution in [0.25, 0.3) is 0 Å². The third-order valence-corrected chi connectivity index (χ3v) is 3.54. The van der Waals surface area contributed by atoms with Crippen LogP contribution in [-0.2, 0) is 14.3 Å². The molecule has 0 aromatic rings. The fourth-order valence-electron chi connectivity index (χ4n) is 1.73. The second-order valence-corrected chi connectivity index (χ2v) is 6.16. The average molecular weight is 373 g/mol. The Morgan fingerprint density at radius 2 is 1.55 bits per heavy atom. The van der Waals surface area contributed by atoms with Gasteiger partial charge in [0.15, 0.2) is 6.79 Å². The highest BCUT2D eigenvalue weighted by atomic mass is 79.9. The highest BCUT2D eigenvalue weighted by Gasteiger charge is 1.97. The lowest BCUT2D eigenvalue weighted by Crippen LogP contribution is -2.09. The summed E-state index contributed by atoms with van der Waals surface area (Å²) < 4.78 is 10.0. The van der Waals surface area contributed by atoms with Crippen molar-refractivity contribution in [2.45, 2.75) is 53.4 Å². The van der Waals surface area contributed by atoms with Crippen LogP contribution in [0.4, 0.5) is 0 Å². The molecule has 0 spiro atoms. The molecular weight excluding hydrogens is 344 g/mol. The number of alkyl halides is 1. The van der Waals surface area contributed by atoms with Gasteiger partial charge < -0.3 is 9.47 Å². The van der Waals surface area contributed by atoms with Gasteiger partial charge in [0.2, 0.25) is 0 Å². The standard InChI is InChI=1S/C18H29BrO3/c1-15(2)7-5-8-16(3)9-6-10-17(4)11-12-21-14-22-18(20)13-19/h7,9,11H,5-6,8,10,12-14H2,1-4H3/b16-9+,17-11+. The Morgan fingerprint density at radius 1 is 0.955 bits per heavy atom. The van der Waals surface area contributed by atoms with E-state index < -0.39 is 0 Å². The van der Waals surface area contributed by atoms with Crippen LogP contribution in [0, 0.1) is 0 Å². The Labute approximate surface area is 143 Å². The Morgan fingerprint density at radius 3 is 2.14 bits per heavy atom. The van der Waals surface area contributed by atoms with E-state index in [1.807, 2.05) is 6.08 Å². The summed E-state index contributed by atoms with van der Waals surface area (Å²) >= 11 is 3.02. The first kappa shape index (κ1) is 21.1. The van der Waals surface area contributed by atoms with E-state index in [9.17, 15) is 4.79 Å². The lowest BCUT2D eigenvalue weighted by Gasteiger charge is -2.04. The summed E-state index contributed by atoms with van der Waals surface area (Å²) in [4.78, 5) is 10.9. The smallest absolute Gasteiger partial charge is 0.318 e. The molecule has 0 radical (unpaired) electrons. The summed E-state index contributed by atoms with van der Waals surface area (Å²) in [6.45, 7) is 9.05. The second-order valence-electron chi connectivity index (χ2n) is 5.60. The molecule has 0 aliphatic heterocycles. The van der Waals surface area contributed by atoms with Crippen LogP contribution >= 0.6 is 15.9 Å². The van der Waals surface area contributed by atoms with Gasteiger partial charge in [0.05, 0.1) is 6.61 Å². The normalized spacial score (nSPS) is 12.2. The quantitative estimate of drug-likeness (QED) is 0.162. The minimum Gasteiger partial charge on any atom is -0.438 e. The Kier molecular flexibility index (Phi) is 13.2. The SMILES string of the molecule is CC(C)=CCC/C(C)=C/CC/C(C)=C/COCOC(=O)CBr. The first-order valence-corrected chi connectivity index (χ1v) is 8.81. The van der Waals surface area contributed by atoms with Crippen molar-refractivity contribution in [1.29, 1.82) is 0 Å². The van der Waals surface area contributed by atoms with Crippen molar-refractivity contribution >= 4 is 21.9 Å². The van der Waals surface area contributed by atoms with Crippen LogP contribution in [0.15, 0.2) is 34.9 Å². The zero-order valence-corrected chi connectivity index (χ0v) is 15.9. The molecule has 0 aromatic heterocycles. The summed E-state index contributed by atoms with van der Waals surface area (Å²) in [6, 6.07) is 0. The molecule has 0 aliphatic carbocycles. The molecule has 0 aliphatic rings. The van der Waals surface area contributed by atoms with Crippen LogP contribution in [-0.4, -0.2) is 24.7 Å². The molecule has 0 aromatic carbocycles. The first-order chi connectivity index (χ1) is 10.5. The highest BCUT2D eigenvalue weighted by molar-refractivity contribution is 9.09. The van der Waals surface area contributed by atoms with Crippen molar-refractivity contribution in [1.82, 2.24) is 0 Å². The molecule has 126 valence electrons. The molecule has 0 saturated heterocycles. The third-order valence-electron chi connectivity index (χ3n) is 3.08. The maximum atomic E-state index is 10.9. The summed E-state index contributed by atoms with van der Waals surface area (Å²) in [7, 11) is 0. The van der Waals surface area contributed by atoms with E-state index in [0.29, 0.717) is 6.61 Å². The summed E-state index contributed by atoms with van der Waals surface area (Å²) in [5, 5.41) is 0.199. The molecule has 0 amide bonds. The number of halogens is 1. The van der Waals surface area contributed by atoms with E-state index in [4.69, 9.17) is 9.47 Å². The Balaban J connectivity index is 3.78. The summed E-state index contributed by atoms with van der Waals surface area (Å²) in [5.74, 6) is -0.311. The van der Waals surface area contributed by atoms with Gasteiger partial charge in [0.1, 0.15) is 5.33 Å². The molecule has 0 rings (SSSR count). The molecule has 0 heterocycles. The summed E-state index contributed by atoms with van der Waals surface area (Å²) in [6.07, 6.45) is 11.0. The highest BCUT2D eigenvalue weighted by Crippen LogP contribution is 2.11. The monoisotopic (exact) mass is 372 g/mol. The van der Waals surface area contributed by atoms with Gasteiger partial charge in [-0.25, -0.2) is 0 Å². The van der Waals surface area contributed by atoms with Gasteiger partial charge in [0, 0.05) is 0 Å². The largest absolute Gasteiger partial charge is 0.438 e. The molecule has 22 heavy (non-hydrogen) atoms.